The van der Waals surface area contributed by atoms with Gasteiger partial charge in [0.05, 0.1) is 0 Å². The highest BCUT2D eigenvalue weighted by atomic mass is 15.3. The largest absolute Gasteiger partial charge is 0.315 e. The van der Waals surface area contributed by atoms with Crippen molar-refractivity contribution in [3.05, 3.63) is 35.9 Å². The van der Waals surface area contributed by atoms with Crippen LogP contribution in [0.3, 0.4) is 0 Å². The molecule has 2 nitrogen and oxygen atoms in total. The number of nitrogens with one attached hydrogen (secondary N) is 1. The van der Waals surface area contributed by atoms with Crippen LogP contribution in [0.25, 0.3) is 0 Å². The molecule has 74 valence electrons. The minimum atomic E-state index is 0.661. The van der Waals surface area contributed by atoms with Gasteiger partial charge in [-0.1, -0.05) is 30.3 Å². The number of benzene rings is 1. The van der Waals surface area contributed by atoms with E-state index < -0.39 is 0 Å². The molecule has 2 heteroatoms. The predicted octanol–water partition coefficient (Wildman–Crippen LogP) is 1.09. The first-order chi connectivity index (χ1) is 6.86. The van der Waals surface area contributed by atoms with Crippen LogP contribution < -0.4 is 5.32 Å². The van der Waals surface area contributed by atoms with Gasteiger partial charge in [0.15, 0.2) is 0 Å². The molecular weight excluding hydrogens is 172 g/mol. The van der Waals surface area contributed by atoms with Crippen LogP contribution in [0.1, 0.15) is 5.56 Å². The Morgan fingerprint density at radius 1 is 1.14 bits per heavy atom. The van der Waals surface area contributed by atoms with E-state index in [-0.39, 0.29) is 0 Å². The molecule has 2 fully saturated rings. The minimum absolute atomic E-state index is 0.661. The van der Waals surface area contributed by atoms with Crippen molar-refractivity contribution in [2.24, 2.45) is 5.41 Å². The summed E-state index contributed by atoms with van der Waals surface area (Å²) < 4.78 is 0. The highest BCUT2D eigenvalue weighted by molar-refractivity contribution is 5.16. The Hall–Kier alpha value is -0.860. The second-order valence-corrected chi connectivity index (χ2v) is 4.73. The first-order valence-corrected chi connectivity index (χ1v) is 5.33. The van der Waals surface area contributed by atoms with Crippen molar-refractivity contribution in [1.29, 1.82) is 0 Å². The molecule has 14 heavy (non-hydrogen) atoms. The van der Waals surface area contributed by atoms with Crippen LogP contribution in [-0.2, 0) is 6.54 Å². The fraction of sp³-hybridized carbons (Fsp3) is 0.500. The third-order valence-corrected chi connectivity index (χ3v) is 3.37. The number of rotatable bonds is 2. The Morgan fingerprint density at radius 3 is 2.43 bits per heavy atom. The molecule has 0 saturated carbocycles. The van der Waals surface area contributed by atoms with E-state index in [1.807, 2.05) is 0 Å². The number of hydrogen-bond acceptors (Lipinski definition) is 2. The van der Waals surface area contributed by atoms with Crippen LogP contribution >= 0.6 is 0 Å². The van der Waals surface area contributed by atoms with Gasteiger partial charge in [0, 0.05) is 38.1 Å². The number of hydrogen-bond donors (Lipinski definition) is 1. The van der Waals surface area contributed by atoms with E-state index in [9.17, 15) is 0 Å². The average molecular weight is 188 g/mol. The Labute approximate surface area is 84.9 Å². The molecule has 0 aliphatic carbocycles. The third-order valence-electron chi connectivity index (χ3n) is 3.37. The zero-order valence-corrected chi connectivity index (χ0v) is 8.37. The summed E-state index contributed by atoms with van der Waals surface area (Å²) in [5.41, 5.74) is 2.10. The Bertz CT molecular complexity index is 308. The van der Waals surface area contributed by atoms with E-state index in [1.54, 1.807) is 0 Å². The molecule has 0 atom stereocenters. The zero-order chi connectivity index (χ0) is 9.43. The van der Waals surface area contributed by atoms with Gasteiger partial charge in [0.2, 0.25) is 0 Å². The lowest BCUT2D eigenvalue weighted by atomic mass is 9.74. The van der Waals surface area contributed by atoms with E-state index in [0.29, 0.717) is 5.41 Å². The number of nitrogens with zero attached hydrogens (tertiary/aromatic N) is 1. The van der Waals surface area contributed by atoms with Crippen molar-refractivity contribution >= 4 is 0 Å². The monoisotopic (exact) mass is 188 g/mol. The molecular formula is C12H16N2. The van der Waals surface area contributed by atoms with Crippen molar-refractivity contribution < 1.29 is 0 Å². The topological polar surface area (TPSA) is 15.3 Å². The quantitative estimate of drug-likeness (QED) is 0.747. The molecule has 0 aromatic heterocycles. The van der Waals surface area contributed by atoms with Gasteiger partial charge < -0.3 is 5.32 Å². The maximum Gasteiger partial charge on any atom is 0.0234 e. The summed E-state index contributed by atoms with van der Waals surface area (Å²) in [5, 5.41) is 3.36. The average Bonchev–Trinajstić information content (AvgIpc) is 2.09. The van der Waals surface area contributed by atoms with Gasteiger partial charge in [-0.3, -0.25) is 4.90 Å². The van der Waals surface area contributed by atoms with Gasteiger partial charge in [-0.2, -0.15) is 0 Å². The summed E-state index contributed by atoms with van der Waals surface area (Å²) in [6, 6.07) is 10.7. The summed E-state index contributed by atoms with van der Waals surface area (Å²) in [6.07, 6.45) is 0. The second-order valence-electron chi connectivity index (χ2n) is 4.73. The molecule has 0 radical (unpaired) electrons. The van der Waals surface area contributed by atoms with E-state index in [0.717, 1.165) is 6.54 Å². The lowest BCUT2D eigenvalue weighted by Gasteiger charge is -2.56. The van der Waals surface area contributed by atoms with Crippen LogP contribution in [0.4, 0.5) is 0 Å². The smallest absolute Gasteiger partial charge is 0.0234 e. The molecule has 1 aromatic rings. The summed E-state index contributed by atoms with van der Waals surface area (Å²) in [6.45, 7) is 6.17. The molecule has 0 amide bonds. The summed E-state index contributed by atoms with van der Waals surface area (Å²) in [4.78, 5) is 2.54. The minimum Gasteiger partial charge on any atom is -0.315 e. The fourth-order valence-electron chi connectivity index (χ4n) is 2.56. The van der Waals surface area contributed by atoms with Gasteiger partial charge in [-0.15, -0.1) is 0 Å². The Kier molecular flexibility index (Phi) is 1.85. The maximum absolute atomic E-state index is 3.36. The van der Waals surface area contributed by atoms with E-state index in [2.05, 4.69) is 40.5 Å². The van der Waals surface area contributed by atoms with Gasteiger partial charge in [0.25, 0.3) is 0 Å². The van der Waals surface area contributed by atoms with Crippen LogP contribution in [0.5, 0.6) is 0 Å². The van der Waals surface area contributed by atoms with Crippen molar-refractivity contribution in [2.75, 3.05) is 26.2 Å². The van der Waals surface area contributed by atoms with E-state index >= 15 is 0 Å². The lowest BCUT2D eigenvalue weighted by Crippen LogP contribution is -2.70. The van der Waals surface area contributed by atoms with Crippen LogP contribution in [-0.4, -0.2) is 31.1 Å². The summed E-state index contributed by atoms with van der Waals surface area (Å²) in [5.74, 6) is 0. The highest BCUT2D eigenvalue weighted by Crippen LogP contribution is 2.34. The molecule has 3 rings (SSSR count). The van der Waals surface area contributed by atoms with Crippen LogP contribution in [0, 0.1) is 5.41 Å². The lowest BCUT2D eigenvalue weighted by molar-refractivity contribution is -0.0444. The predicted molar refractivity (Wildman–Crippen MR) is 57.0 cm³/mol. The van der Waals surface area contributed by atoms with Crippen LogP contribution in [0.2, 0.25) is 0 Å². The van der Waals surface area contributed by atoms with E-state index in [1.165, 1.54) is 31.7 Å². The summed E-state index contributed by atoms with van der Waals surface area (Å²) >= 11 is 0. The molecule has 1 aromatic carbocycles. The molecule has 2 aliphatic rings. The van der Waals surface area contributed by atoms with Gasteiger partial charge in [-0.05, 0) is 5.56 Å². The van der Waals surface area contributed by atoms with Gasteiger partial charge in [0.1, 0.15) is 0 Å². The standard InChI is InChI=1S/C12H16N2/c1-2-4-11(5-3-1)6-14-9-12(10-14)7-13-8-12/h1-5,13H,6-10H2. The molecule has 2 saturated heterocycles. The molecule has 1 N–H and O–H groups in total. The van der Waals surface area contributed by atoms with Crippen LogP contribution in [0.15, 0.2) is 30.3 Å². The SMILES string of the molecule is c1ccc(CN2CC3(CNC3)C2)cc1. The first-order valence-electron chi connectivity index (χ1n) is 5.33. The van der Waals surface area contributed by atoms with Crippen molar-refractivity contribution in [3.63, 3.8) is 0 Å². The van der Waals surface area contributed by atoms with Crippen molar-refractivity contribution in [2.45, 2.75) is 6.54 Å². The first kappa shape index (κ1) is 8.45. The van der Waals surface area contributed by atoms with Gasteiger partial charge in [-0.25, -0.2) is 0 Å². The van der Waals surface area contributed by atoms with Crippen molar-refractivity contribution in [1.82, 2.24) is 10.2 Å². The Morgan fingerprint density at radius 2 is 1.86 bits per heavy atom. The molecule has 0 bridgehead atoms. The fourth-order valence-corrected chi connectivity index (χ4v) is 2.56. The zero-order valence-electron chi connectivity index (χ0n) is 8.37. The highest BCUT2D eigenvalue weighted by Gasteiger charge is 2.46. The maximum atomic E-state index is 3.36. The molecule has 2 heterocycles. The van der Waals surface area contributed by atoms with Crippen molar-refractivity contribution in [3.8, 4) is 0 Å². The normalized spacial score (nSPS) is 24.3. The summed E-state index contributed by atoms with van der Waals surface area (Å²) in [7, 11) is 0. The Balaban J connectivity index is 1.56. The number of likely N-dealkylation sites (tertiary alicyclic amines) is 1. The molecule has 1 spiro atoms. The second kappa shape index (κ2) is 3.07. The molecule has 0 unspecified atom stereocenters. The van der Waals surface area contributed by atoms with E-state index in [4.69, 9.17) is 0 Å². The molecule has 2 aliphatic heterocycles. The third kappa shape index (κ3) is 1.35. The van der Waals surface area contributed by atoms with Gasteiger partial charge >= 0.3 is 0 Å².